The first kappa shape index (κ1) is 22.6. The summed E-state index contributed by atoms with van der Waals surface area (Å²) in [4.78, 5) is 47.9. The molecule has 0 bridgehead atoms. The number of carboxylic acid groups (broad SMARTS) is 1. The second kappa shape index (κ2) is 8.71. The molecule has 0 aromatic carbocycles. The van der Waals surface area contributed by atoms with Crippen LogP contribution >= 0.6 is 23.1 Å². The molecule has 2 amide bonds. The maximum atomic E-state index is 12.9. The number of anilines is 1. The smallest absolute Gasteiger partial charge is 0.352 e. The summed E-state index contributed by atoms with van der Waals surface area (Å²) in [6.45, 7) is 2.61. The number of carbonyl (C=O) groups is 3. The highest BCUT2D eigenvalue weighted by atomic mass is 32.2. The fraction of sp³-hybridized carbons (Fsp3) is 0.526. The fourth-order valence-electron chi connectivity index (χ4n) is 4.42. The molecule has 3 aliphatic rings. The maximum Gasteiger partial charge on any atom is 0.352 e. The Labute approximate surface area is 192 Å². The Morgan fingerprint density at radius 1 is 1.44 bits per heavy atom. The first-order valence-electron chi connectivity index (χ1n) is 10.1. The Kier molecular flexibility index (Phi) is 6.14. The molecule has 1 aromatic heterocycles. The van der Waals surface area contributed by atoms with Crippen molar-refractivity contribution in [3.63, 3.8) is 0 Å². The van der Waals surface area contributed by atoms with E-state index < -0.39 is 29.2 Å². The first-order chi connectivity index (χ1) is 15.2. The number of β-lactam (4-membered cyclic amide) rings is 1. The van der Waals surface area contributed by atoms with Gasteiger partial charge in [0, 0.05) is 29.5 Å². The number of thiazole rings is 1. The molecule has 0 saturated carbocycles. The minimum absolute atomic E-state index is 0.0496. The lowest BCUT2D eigenvalue weighted by molar-refractivity contribution is -0.893. The first-order valence-corrected chi connectivity index (χ1v) is 12.0. The molecule has 13 heteroatoms. The van der Waals surface area contributed by atoms with Gasteiger partial charge in [-0.1, -0.05) is 5.16 Å². The third-order valence-corrected chi connectivity index (χ3v) is 7.93. The van der Waals surface area contributed by atoms with E-state index in [2.05, 4.69) is 22.5 Å². The van der Waals surface area contributed by atoms with Crippen molar-refractivity contribution >= 4 is 51.7 Å². The molecule has 172 valence electrons. The third-order valence-electron chi connectivity index (χ3n) is 5.92. The van der Waals surface area contributed by atoms with Crippen LogP contribution in [0.15, 0.2) is 21.8 Å². The number of likely N-dealkylation sites (N-methyl/N-ethyl adjacent to an activating group) is 1. The molecule has 2 atom stereocenters. The normalized spacial score (nSPS) is 24.8. The van der Waals surface area contributed by atoms with E-state index in [9.17, 15) is 19.5 Å². The topological polar surface area (TPSA) is 147 Å². The highest BCUT2D eigenvalue weighted by Gasteiger charge is 2.55. The van der Waals surface area contributed by atoms with Crippen molar-refractivity contribution in [3.8, 4) is 0 Å². The summed E-state index contributed by atoms with van der Waals surface area (Å²) in [7, 11) is 3.42. The summed E-state index contributed by atoms with van der Waals surface area (Å²) >= 11 is 2.61. The minimum Gasteiger partial charge on any atom is -0.477 e. The van der Waals surface area contributed by atoms with Gasteiger partial charge in [-0.3, -0.25) is 14.5 Å². The number of carboxylic acids is 1. The number of amides is 2. The Hall–Kier alpha value is -2.64. The molecule has 0 spiro atoms. The van der Waals surface area contributed by atoms with E-state index in [0.717, 1.165) is 47.3 Å². The van der Waals surface area contributed by atoms with Crippen molar-refractivity contribution < 1.29 is 28.8 Å². The Bertz CT molecular complexity index is 1020. The van der Waals surface area contributed by atoms with Crippen molar-refractivity contribution in [1.29, 1.82) is 0 Å². The Morgan fingerprint density at radius 2 is 2.16 bits per heavy atom. The molecule has 1 aromatic rings. The van der Waals surface area contributed by atoms with Crippen molar-refractivity contribution in [3.05, 3.63) is 22.3 Å². The maximum absolute atomic E-state index is 12.9. The van der Waals surface area contributed by atoms with E-state index in [1.54, 1.807) is 5.38 Å². The number of likely N-dealkylation sites (tertiary alicyclic amines) is 1. The molecule has 1 unspecified atom stereocenters. The lowest BCUT2D eigenvalue weighted by Crippen LogP contribution is -2.71. The van der Waals surface area contributed by atoms with Crippen molar-refractivity contribution in [2.24, 2.45) is 5.16 Å². The van der Waals surface area contributed by atoms with Crippen LogP contribution in [-0.4, -0.2) is 93.9 Å². The molecule has 0 radical (unpaired) electrons. The zero-order valence-corrected chi connectivity index (χ0v) is 19.4. The van der Waals surface area contributed by atoms with Gasteiger partial charge in [0.05, 0.1) is 20.1 Å². The van der Waals surface area contributed by atoms with Crippen LogP contribution in [0, 0.1) is 0 Å². The van der Waals surface area contributed by atoms with Gasteiger partial charge in [-0.15, -0.1) is 23.1 Å². The molecule has 4 rings (SSSR count). The molecule has 2 saturated heterocycles. The predicted molar refractivity (Wildman–Crippen MR) is 120 cm³/mol. The van der Waals surface area contributed by atoms with Gasteiger partial charge in [-0.2, -0.15) is 0 Å². The number of oxime groups is 1. The van der Waals surface area contributed by atoms with Crippen LogP contribution in [0.1, 0.15) is 18.5 Å². The SMILES string of the molecule is CO/N=C(\C(=O)NC1C(=O)N2C(C(=O)O)=C(C[N+]3(C)CCCC3)CS[C@H]12)c1csc(N)n1. The molecule has 32 heavy (non-hydrogen) atoms. The van der Waals surface area contributed by atoms with E-state index >= 15 is 0 Å². The van der Waals surface area contributed by atoms with Crippen LogP contribution in [0.3, 0.4) is 0 Å². The molecular weight excluding hydrogens is 456 g/mol. The number of quaternary nitrogens is 1. The van der Waals surface area contributed by atoms with E-state index in [1.807, 2.05) is 0 Å². The zero-order chi connectivity index (χ0) is 23.0. The van der Waals surface area contributed by atoms with Crippen LogP contribution in [-0.2, 0) is 19.2 Å². The summed E-state index contributed by atoms with van der Waals surface area (Å²) < 4.78 is 0.785. The van der Waals surface area contributed by atoms with Crippen LogP contribution in [0.2, 0.25) is 0 Å². The quantitative estimate of drug-likeness (QED) is 0.214. The van der Waals surface area contributed by atoms with Crippen LogP contribution in [0.4, 0.5) is 5.13 Å². The number of hydrogen-bond donors (Lipinski definition) is 3. The number of nitrogens with one attached hydrogen (secondary N) is 1. The minimum atomic E-state index is -1.12. The molecule has 4 heterocycles. The number of nitrogens with zero attached hydrogens (tertiary/aromatic N) is 4. The highest BCUT2D eigenvalue weighted by Crippen LogP contribution is 2.41. The van der Waals surface area contributed by atoms with Crippen molar-refractivity contribution in [2.75, 3.05) is 45.3 Å². The summed E-state index contributed by atoms with van der Waals surface area (Å²) in [5, 5.41) is 17.6. The number of thioether (sulfide) groups is 1. The second-order valence-electron chi connectivity index (χ2n) is 8.24. The van der Waals surface area contributed by atoms with Crippen LogP contribution in [0.5, 0.6) is 0 Å². The molecule has 11 nitrogen and oxygen atoms in total. The Morgan fingerprint density at radius 3 is 2.75 bits per heavy atom. The number of nitrogens with two attached hydrogens (primary N) is 1. The second-order valence-corrected chi connectivity index (χ2v) is 10.2. The van der Waals surface area contributed by atoms with Gasteiger partial charge in [0.2, 0.25) is 0 Å². The van der Waals surface area contributed by atoms with Crippen LogP contribution in [0.25, 0.3) is 0 Å². The van der Waals surface area contributed by atoms with E-state index in [1.165, 1.54) is 23.8 Å². The third kappa shape index (κ3) is 4.07. The number of nitrogen functional groups attached to an aromatic ring is 1. The van der Waals surface area contributed by atoms with Gasteiger partial charge >= 0.3 is 5.97 Å². The summed E-state index contributed by atoms with van der Waals surface area (Å²) in [6, 6.07) is -0.863. The zero-order valence-electron chi connectivity index (χ0n) is 17.7. The fourth-order valence-corrected chi connectivity index (χ4v) is 6.31. The number of aromatic nitrogens is 1. The van der Waals surface area contributed by atoms with Crippen molar-refractivity contribution in [1.82, 2.24) is 15.2 Å². The van der Waals surface area contributed by atoms with E-state index in [4.69, 9.17) is 10.6 Å². The number of hydrogen-bond acceptors (Lipinski definition) is 9. The molecular formula is C19H25N6O5S2+. The van der Waals surface area contributed by atoms with Gasteiger partial charge in [0.15, 0.2) is 10.8 Å². The molecule has 2 fully saturated rings. The van der Waals surface area contributed by atoms with E-state index in [0.29, 0.717) is 12.3 Å². The monoisotopic (exact) mass is 481 g/mol. The molecule has 4 N–H and O–H groups in total. The van der Waals surface area contributed by atoms with Gasteiger partial charge in [0.25, 0.3) is 11.8 Å². The van der Waals surface area contributed by atoms with Gasteiger partial charge in [0.1, 0.15) is 36.5 Å². The summed E-state index contributed by atoms with van der Waals surface area (Å²) in [6.07, 6.45) is 2.24. The van der Waals surface area contributed by atoms with Crippen molar-refractivity contribution in [2.45, 2.75) is 24.3 Å². The lowest BCUT2D eigenvalue weighted by Gasteiger charge is -2.49. The lowest BCUT2D eigenvalue weighted by atomic mass is 10.0. The largest absolute Gasteiger partial charge is 0.477 e. The van der Waals surface area contributed by atoms with Gasteiger partial charge in [-0.25, -0.2) is 9.78 Å². The summed E-state index contributed by atoms with van der Waals surface area (Å²) in [5.41, 5.74) is 6.59. The number of carbonyl (C=O) groups excluding carboxylic acids is 2. The van der Waals surface area contributed by atoms with Gasteiger partial charge in [-0.05, 0) is 0 Å². The Balaban J connectivity index is 1.52. The summed E-state index contributed by atoms with van der Waals surface area (Å²) in [5.74, 6) is -1.71. The average Bonchev–Trinajstić information content (AvgIpc) is 3.37. The highest BCUT2D eigenvalue weighted by molar-refractivity contribution is 8.00. The number of fused-ring (bicyclic) bond motifs is 1. The van der Waals surface area contributed by atoms with Crippen LogP contribution < -0.4 is 11.1 Å². The molecule has 0 aliphatic carbocycles. The number of aliphatic carboxylic acids is 1. The van der Waals surface area contributed by atoms with E-state index in [-0.39, 0.29) is 22.2 Å². The molecule has 3 aliphatic heterocycles. The standard InChI is InChI=1S/C19H24N6O5S2/c1-25(5-3-4-6-25)7-10-8-31-17-13(16(27)24(17)14(10)18(28)29)22-15(26)12(23-30-2)11-9-32-19(20)21-11/h9,13,17H,3-8H2,1-2H3,(H3-,20,21,22,26,28,29)/p+1/b23-12-/t13?,17-/m1/s1. The predicted octanol–water partition coefficient (Wildman–Crippen LogP) is 0.0548. The number of rotatable bonds is 7. The average molecular weight is 482 g/mol. The van der Waals surface area contributed by atoms with Gasteiger partial charge < -0.3 is 25.5 Å².